The van der Waals surface area contributed by atoms with Crippen molar-refractivity contribution in [3.05, 3.63) is 28.8 Å². The molecule has 1 unspecified atom stereocenters. The van der Waals surface area contributed by atoms with Gasteiger partial charge in [0.25, 0.3) is 0 Å². The number of aromatic carboxylic acids is 1. The maximum atomic E-state index is 11.0. The van der Waals surface area contributed by atoms with Crippen LogP contribution in [-0.4, -0.2) is 17.7 Å². The van der Waals surface area contributed by atoms with Gasteiger partial charge in [0, 0.05) is 0 Å². The minimum absolute atomic E-state index is 0.317. The van der Waals surface area contributed by atoms with E-state index in [-0.39, 0.29) is 0 Å². The number of carboxylic acid groups (broad SMARTS) is 1. The van der Waals surface area contributed by atoms with Gasteiger partial charge in [0.05, 0.1) is 12.2 Å². The first-order valence-electron chi connectivity index (χ1n) is 6.78. The predicted octanol–water partition coefficient (Wildman–Crippen LogP) is 4.06. The van der Waals surface area contributed by atoms with Crippen molar-refractivity contribution < 1.29 is 14.6 Å². The third-order valence-corrected chi connectivity index (χ3v) is 3.09. The summed E-state index contributed by atoms with van der Waals surface area (Å²) < 4.78 is 5.87. The van der Waals surface area contributed by atoms with Gasteiger partial charge >= 0.3 is 5.97 Å². The quantitative estimate of drug-likeness (QED) is 0.842. The van der Waals surface area contributed by atoms with Gasteiger partial charge in [-0.1, -0.05) is 20.8 Å². The Morgan fingerprint density at radius 2 is 1.74 bits per heavy atom. The van der Waals surface area contributed by atoms with Crippen molar-refractivity contribution in [1.29, 1.82) is 0 Å². The first-order valence-corrected chi connectivity index (χ1v) is 6.78. The number of benzene rings is 1. The van der Waals surface area contributed by atoms with E-state index in [1.165, 1.54) is 0 Å². The molecule has 0 saturated heterocycles. The number of rotatable bonds is 6. The Hall–Kier alpha value is -1.51. The van der Waals surface area contributed by atoms with Gasteiger partial charge in [0.15, 0.2) is 0 Å². The SMILES string of the molecule is Cc1cc(C(=O)O)cc(C)c1OCC(C)CC(C)C. The van der Waals surface area contributed by atoms with Gasteiger partial charge in [-0.3, -0.25) is 0 Å². The molecule has 0 aliphatic rings. The number of carbonyl (C=O) groups is 1. The summed E-state index contributed by atoms with van der Waals surface area (Å²) in [5, 5.41) is 9.00. The fourth-order valence-corrected chi connectivity index (χ4v) is 2.40. The molecule has 19 heavy (non-hydrogen) atoms. The Balaban J connectivity index is 2.77. The van der Waals surface area contributed by atoms with E-state index in [2.05, 4.69) is 20.8 Å². The maximum Gasteiger partial charge on any atom is 0.335 e. The smallest absolute Gasteiger partial charge is 0.335 e. The van der Waals surface area contributed by atoms with Crippen LogP contribution in [-0.2, 0) is 0 Å². The lowest BCUT2D eigenvalue weighted by Crippen LogP contribution is -2.12. The highest BCUT2D eigenvalue weighted by molar-refractivity contribution is 5.88. The van der Waals surface area contributed by atoms with E-state index >= 15 is 0 Å². The molecule has 0 aliphatic carbocycles. The van der Waals surface area contributed by atoms with Gasteiger partial charge in [-0.2, -0.15) is 0 Å². The molecule has 1 aromatic rings. The molecule has 106 valence electrons. The molecular formula is C16H24O3. The molecule has 0 radical (unpaired) electrons. The summed E-state index contributed by atoms with van der Waals surface area (Å²) in [4.78, 5) is 11.0. The molecular weight excluding hydrogens is 240 g/mol. The molecule has 0 saturated carbocycles. The lowest BCUT2D eigenvalue weighted by atomic mass is 10.00. The fourth-order valence-electron chi connectivity index (χ4n) is 2.40. The van der Waals surface area contributed by atoms with E-state index in [0.717, 1.165) is 23.3 Å². The zero-order valence-electron chi connectivity index (χ0n) is 12.5. The average Bonchev–Trinajstić information content (AvgIpc) is 2.26. The van der Waals surface area contributed by atoms with Crippen LogP contribution in [0.5, 0.6) is 5.75 Å². The van der Waals surface area contributed by atoms with Crippen LogP contribution < -0.4 is 4.74 Å². The second kappa shape index (κ2) is 6.60. The monoisotopic (exact) mass is 264 g/mol. The third kappa shape index (κ3) is 4.58. The Morgan fingerprint density at radius 3 is 2.16 bits per heavy atom. The van der Waals surface area contributed by atoms with E-state index in [9.17, 15) is 4.79 Å². The number of ether oxygens (including phenoxy) is 1. The van der Waals surface area contributed by atoms with Crippen LogP contribution in [0.4, 0.5) is 0 Å². The molecule has 1 N–H and O–H groups in total. The third-order valence-electron chi connectivity index (χ3n) is 3.09. The second-order valence-corrected chi connectivity index (χ2v) is 5.79. The Labute approximate surface area is 115 Å². The Morgan fingerprint density at radius 1 is 1.21 bits per heavy atom. The minimum atomic E-state index is -0.897. The molecule has 3 nitrogen and oxygen atoms in total. The topological polar surface area (TPSA) is 46.5 Å². The van der Waals surface area contributed by atoms with E-state index in [4.69, 9.17) is 9.84 Å². The number of aryl methyl sites for hydroxylation is 2. The standard InChI is InChI=1S/C16H24O3/c1-10(2)6-11(3)9-19-15-12(4)7-14(16(17)18)8-13(15)5/h7-8,10-11H,6,9H2,1-5H3,(H,17,18). The zero-order chi connectivity index (χ0) is 14.6. The highest BCUT2D eigenvalue weighted by Gasteiger charge is 2.12. The molecule has 0 amide bonds. The summed E-state index contributed by atoms with van der Waals surface area (Å²) >= 11 is 0. The van der Waals surface area contributed by atoms with Crippen LogP contribution in [0.15, 0.2) is 12.1 Å². The van der Waals surface area contributed by atoms with Crippen molar-refractivity contribution in [2.24, 2.45) is 11.8 Å². The molecule has 0 spiro atoms. The van der Waals surface area contributed by atoms with Crippen LogP contribution in [0.2, 0.25) is 0 Å². The lowest BCUT2D eigenvalue weighted by molar-refractivity contribution is 0.0696. The normalized spacial score (nSPS) is 12.5. The van der Waals surface area contributed by atoms with Crippen LogP contribution in [0.3, 0.4) is 0 Å². The Bertz CT molecular complexity index is 426. The molecule has 3 heteroatoms. The van der Waals surface area contributed by atoms with E-state index in [0.29, 0.717) is 24.0 Å². The van der Waals surface area contributed by atoms with Crippen molar-refractivity contribution in [3.8, 4) is 5.75 Å². The lowest BCUT2D eigenvalue weighted by Gasteiger charge is -2.18. The maximum absolute atomic E-state index is 11.0. The second-order valence-electron chi connectivity index (χ2n) is 5.79. The molecule has 1 rings (SSSR count). The van der Waals surface area contributed by atoms with Crippen molar-refractivity contribution in [2.75, 3.05) is 6.61 Å². The van der Waals surface area contributed by atoms with Gasteiger partial charge in [0.1, 0.15) is 5.75 Å². The predicted molar refractivity (Wildman–Crippen MR) is 77.0 cm³/mol. The summed E-state index contributed by atoms with van der Waals surface area (Å²) in [5.74, 6) is 1.08. The van der Waals surface area contributed by atoms with Gasteiger partial charge in [-0.05, 0) is 55.4 Å². The zero-order valence-corrected chi connectivity index (χ0v) is 12.5. The van der Waals surface area contributed by atoms with Crippen LogP contribution in [0.25, 0.3) is 0 Å². The Kier molecular flexibility index (Phi) is 5.40. The molecule has 0 fully saturated rings. The summed E-state index contributed by atoms with van der Waals surface area (Å²) in [6.07, 6.45) is 1.13. The van der Waals surface area contributed by atoms with Crippen molar-refractivity contribution in [2.45, 2.75) is 41.0 Å². The average molecular weight is 264 g/mol. The van der Waals surface area contributed by atoms with Crippen molar-refractivity contribution in [1.82, 2.24) is 0 Å². The highest BCUT2D eigenvalue weighted by atomic mass is 16.5. The van der Waals surface area contributed by atoms with Gasteiger partial charge < -0.3 is 9.84 Å². The number of hydrogen-bond acceptors (Lipinski definition) is 2. The number of hydrogen-bond donors (Lipinski definition) is 1. The van der Waals surface area contributed by atoms with Crippen LogP contribution >= 0.6 is 0 Å². The van der Waals surface area contributed by atoms with Gasteiger partial charge in [0.2, 0.25) is 0 Å². The van der Waals surface area contributed by atoms with Crippen molar-refractivity contribution >= 4 is 5.97 Å². The highest BCUT2D eigenvalue weighted by Crippen LogP contribution is 2.26. The summed E-state index contributed by atoms with van der Waals surface area (Å²) in [6, 6.07) is 3.33. The van der Waals surface area contributed by atoms with E-state index in [1.807, 2.05) is 13.8 Å². The first-order chi connectivity index (χ1) is 8.81. The van der Waals surface area contributed by atoms with E-state index in [1.54, 1.807) is 12.1 Å². The molecule has 0 heterocycles. The van der Waals surface area contributed by atoms with Crippen LogP contribution in [0.1, 0.15) is 48.7 Å². The van der Waals surface area contributed by atoms with E-state index < -0.39 is 5.97 Å². The van der Waals surface area contributed by atoms with Gasteiger partial charge in [-0.15, -0.1) is 0 Å². The fraction of sp³-hybridized carbons (Fsp3) is 0.562. The van der Waals surface area contributed by atoms with Gasteiger partial charge in [-0.25, -0.2) is 4.79 Å². The molecule has 1 aromatic carbocycles. The summed E-state index contributed by atoms with van der Waals surface area (Å²) in [7, 11) is 0. The molecule has 0 bridgehead atoms. The molecule has 0 aliphatic heterocycles. The van der Waals surface area contributed by atoms with Crippen molar-refractivity contribution in [3.63, 3.8) is 0 Å². The summed E-state index contributed by atoms with van der Waals surface area (Å²) in [6.45, 7) is 11.0. The first kappa shape index (κ1) is 15.5. The van der Waals surface area contributed by atoms with Crippen LogP contribution in [0, 0.1) is 25.7 Å². The summed E-state index contributed by atoms with van der Waals surface area (Å²) in [5.41, 5.74) is 2.08. The number of carboxylic acids is 1. The minimum Gasteiger partial charge on any atom is -0.493 e. The largest absolute Gasteiger partial charge is 0.493 e. The molecule has 0 aromatic heterocycles. The molecule has 1 atom stereocenters.